The van der Waals surface area contributed by atoms with E-state index in [9.17, 15) is 8.42 Å². The highest BCUT2D eigenvalue weighted by molar-refractivity contribution is 7.92. The van der Waals surface area contributed by atoms with Gasteiger partial charge in [0.2, 0.25) is 10.9 Å². The van der Waals surface area contributed by atoms with Crippen LogP contribution in [0.5, 0.6) is 0 Å². The highest BCUT2D eigenvalue weighted by Crippen LogP contribution is 2.33. The van der Waals surface area contributed by atoms with Crippen molar-refractivity contribution in [1.29, 1.82) is 0 Å². The van der Waals surface area contributed by atoms with Gasteiger partial charge in [0.05, 0.1) is 0 Å². The first kappa shape index (κ1) is 18.0. The van der Waals surface area contributed by atoms with Crippen LogP contribution in [-0.4, -0.2) is 13.4 Å². The fourth-order valence-corrected chi connectivity index (χ4v) is 3.94. The maximum absolute atomic E-state index is 13.1. The summed E-state index contributed by atoms with van der Waals surface area (Å²) in [6, 6.07) is 25.4. The van der Waals surface area contributed by atoms with E-state index in [0.717, 1.165) is 5.56 Å². The molecular formula is C22H18N2O3S. The predicted molar refractivity (Wildman–Crippen MR) is 109 cm³/mol. The summed E-state index contributed by atoms with van der Waals surface area (Å²) in [7, 11) is -3.95. The van der Waals surface area contributed by atoms with E-state index in [1.165, 1.54) is 0 Å². The minimum Gasteiger partial charge on any atom is -0.435 e. The average Bonchev–Trinajstić information content (AvgIpc) is 3.18. The molecule has 0 amide bonds. The van der Waals surface area contributed by atoms with Gasteiger partial charge in [-0.1, -0.05) is 66.2 Å². The zero-order chi connectivity index (χ0) is 19.6. The molecule has 0 radical (unpaired) electrons. The summed E-state index contributed by atoms with van der Waals surface area (Å²) in [6.07, 6.45) is 0. The van der Waals surface area contributed by atoms with Gasteiger partial charge in [0.1, 0.15) is 0 Å². The number of anilines is 1. The van der Waals surface area contributed by atoms with E-state index in [2.05, 4.69) is 9.71 Å². The van der Waals surface area contributed by atoms with Gasteiger partial charge in [-0.05, 0) is 31.2 Å². The monoisotopic (exact) mass is 390 g/mol. The van der Waals surface area contributed by atoms with Gasteiger partial charge in [-0.3, -0.25) is 4.72 Å². The Morgan fingerprint density at radius 2 is 1.36 bits per heavy atom. The van der Waals surface area contributed by atoms with Crippen molar-refractivity contribution < 1.29 is 12.8 Å². The SMILES string of the molecule is Cc1ccc(NS(=O)(=O)c2nc(-c3ccccc3)oc2-c2ccccc2)cc1. The van der Waals surface area contributed by atoms with Crippen LogP contribution in [0.2, 0.25) is 0 Å². The summed E-state index contributed by atoms with van der Waals surface area (Å²) in [5.74, 6) is 0.461. The number of aromatic nitrogens is 1. The predicted octanol–water partition coefficient (Wildman–Crippen LogP) is 5.12. The molecule has 4 aromatic rings. The Kier molecular flexibility index (Phi) is 4.71. The Balaban J connectivity index is 1.82. The lowest BCUT2D eigenvalue weighted by atomic mass is 10.2. The van der Waals surface area contributed by atoms with Crippen molar-refractivity contribution in [3.05, 3.63) is 90.5 Å². The molecular weight excluding hydrogens is 372 g/mol. The molecule has 0 aliphatic carbocycles. The molecule has 0 saturated heterocycles. The van der Waals surface area contributed by atoms with Crippen molar-refractivity contribution in [2.75, 3.05) is 4.72 Å². The molecule has 5 nitrogen and oxygen atoms in total. The molecule has 0 fully saturated rings. The summed E-state index contributed by atoms with van der Waals surface area (Å²) in [5, 5.41) is -0.141. The highest BCUT2D eigenvalue weighted by atomic mass is 32.2. The van der Waals surface area contributed by atoms with E-state index in [1.807, 2.05) is 67.6 Å². The third-order valence-electron chi connectivity index (χ3n) is 4.21. The molecule has 0 atom stereocenters. The van der Waals surface area contributed by atoms with Crippen molar-refractivity contribution in [1.82, 2.24) is 4.98 Å². The van der Waals surface area contributed by atoms with Crippen LogP contribution in [0.1, 0.15) is 5.56 Å². The highest BCUT2D eigenvalue weighted by Gasteiger charge is 2.27. The largest absolute Gasteiger partial charge is 0.435 e. The first-order valence-electron chi connectivity index (χ1n) is 8.74. The molecule has 0 bridgehead atoms. The van der Waals surface area contributed by atoms with Crippen LogP contribution >= 0.6 is 0 Å². The van der Waals surface area contributed by atoms with Gasteiger partial charge in [-0.15, -0.1) is 0 Å². The Morgan fingerprint density at radius 3 is 1.96 bits per heavy atom. The number of nitrogens with one attached hydrogen (secondary N) is 1. The lowest BCUT2D eigenvalue weighted by Gasteiger charge is -2.07. The standard InChI is InChI=1S/C22H18N2O3S/c1-16-12-14-19(15-13-16)24-28(25,26)22-20(17-8-4-2-5-9-17)27-21(23-22)18-10-6-3-7-11-18/h2-15,24H,1H3. The van der Waals surface area contributed by atoms with Gasteiger partial charge < -0.3 is 4.42 Å². The van der Waals surface area contributed by atoms with Gasteiger partial charge in [0.15, 0.2) is 5.76 Å². The number of benzene rings is 3. The molecule has 140 valence electrons. The quantitative estimate of drug-likeness (QED) is 0.513. The second-order valence-electron chi connectivity index (χ2n) is 6.36. The maximum atomic E-state index is 13.1. The summed E-state index contributed by atoms with van der Waals surface area (Å²) in [4.78, 5) is 4.33. The maximum Gasteiger partial charge on any atom is 0.283 e. The molecule has 3 aromatic carbocycles. The minimum absolute atomic E-state index is 0.141. The number of hydrogen-bond acceptors (Lipinski definition) is 4. The van der Waals surface area contributed by atoms with Crippen molar-refractivity contribution in [2.45, 2.75) is 11.9 Å². The summed E-state index contributed by atoms with van der Waals surface area (Å²) >= 11 is 0. The molecule has 0 aliphatic rings. The number of nitrogens with zero attached hydrogens (tertiary/aromatic N) is 1. The normalized spacial score (nSPS) is 11.3. The first-order valence-corrected chi connectivity index (χ1v) is 10.2. The lowest BCUT2D eigenvalue weighted by Crippen LogP contribution is -2.14. The van der Waals surface area contributed by atoms with E-state index in [0.29, 0.717) is 16.8 Å². The van der Waals surface area contributed by atoms with Crippen molar-refractivity contribution in [3.8, 4) is 22.8 Å². The fourth-order valence-electron chi connectivity index (χ4n) is 2.79. The topological polar surface area (TPSA) is 72.2 Å². The number of sulfonamides is 1. The van der Waals surface area contributed by atoms with Crippen LogP contribution in [0.3, 0.4) is 0 Å². The van der Waals surface area contributed by atoms with Crippen molar-refractivity contribution >= 4 is 15.7 Å². The molecule has 4 rings (SSSR count). The number of aryl methyl sites for hydroxylation is 1. The number of hydrogen-bond donors (Lipinski definition) is 1. The first-order chi connectivity index (χ1) is 13.5. The third kappa shape index (κ3) is 3.68. The van der Waals surface area contributed by atoms with Gasteiger partial charge in [0.25, 0.3) is 10.0 Å². The van der Waals surface area contributed by atoms with Crippen LogP contribution in [0.25, 0.3) is 22.8 Å². The van der Waals surface area contributed by atoms with E-state index in [4.69, 9.17) is 4.42 Å². The second kappa shape index (κ2) is 7.32. The molecule has 0 spiro atoms. The molecule has 28 heavy (non-hydrogen) atoms. The van der Waals surface area contributed by atoms with Gasteiger partial charge in [-0.25, -0.2) is 0 Å². The van der Waals surface area contributed by atoms with E-state index in [1.54, 1.807) is 24.3 Å². The average molecular weight is 390 g/mol. The van der Waals surface area contributed by atoms with Crippen molar-refractivity contribution in [3.63, 3.8) is 0 Å². The van der Waals surface area contributed by atoms with Crippen LogP contribution in [0, 0.1) is 6.92 Å². The third-order valence-corrected chi connectivity index (χ3v) is 5.50. The molecule has 1 aromatic heterocycles. The number of oxazole rings is 1. The van der Waals surface area contributed by atoms with Gasteiger partial charge in [-0.2, -0.15) is 13.4 Å². The van der Waals surface area contributed by atoms with Crippen LogP contribution < -0.4 is 4.72 Å². The van der Waals surface area contributed by atoms with E-state index < -0.39 is 10.0 Å². The summed E-state index contributed by atoms with van der Waals surface area (Å²) < 4.78 is 34.7. The Bertz CT molecular complexity index is 1180. The lowest BCUT2D eigenvalue weighted by molar-refractivity contribution is 0.581. The molecule has 1 heterocycles. The molecule has 0 saturated carbocycles. The molecule has 0 unspecified atom stereocenters. The Morgan fingerprint density at radius 1 is 0.786 bits per heavy atom. The minimum atomic E-state index is -3.95. The molecule has 1 N–H and O–H groups in total. The van der Waals surface area contributed by atoms with Crippen LogP contribution in [0.15, 0.2) is 94.4 Å². The van der Waals surface area contributed by atoms with Gasteiger partial charge >= 0.3 is 0 Å². The zero-order valence-corrected chi connectivity index (χ0v) is 16.0. The van der Waals surface area contributed by atoms with E-state index in [-0.39, 0.29) is 16.7 Å². The summed E-state index contributed by atoms with van der Waals surface area (Å²) in [5.41, 5.74) is 2.85. The fraction of sp³-hybridized carbons (Fsp3) is 0.0455. The van der Waals surface area contributed by atoms with Crippen molar-refractivity contribution in [2.24, 2.45) is 0 Å². The Hall–Kier alpha value is -3.38. The molecule has 0 aliphatic heterocycles. The zero-order valence-electron chi connectivity index (χ0n) is 15.2. The van der Waals surface area contributed by atoms with Crippen LogP contribution in [-0.2, 0) is 10.0 Å². The summed E-state index contributed by atoms with van der Waals surface area (Å²) in [6.45, 7) is 1.94. The molecule has 6 heteroatoms. The van der Waals surface area contributed by atoms with Gasteiger partial charge in [0, 0.05) is 16.8 Å². The smallest absolute Gasteiger partial charge is 0.283 e. The van der Waals surface area contributed by atoms with E-state index >= 15 is 0 Å². The Labute approximate surface area is 163 Å². The van der Waals surface area contributed by atoms with Crippen LogP contribution in [0.4, 0.5) is 5.69 Å². The number of rotatable bonds is 5. The second-order valence-corrected chi connectivity index (χ2v) is 7.95.